The Morgan fingerprint density at radius 1 is 0.838 bits per heavy atom. The Balaban J connectivity index is 1.44. The SMILES string of the molecule is O=C(Oc1ccccc1)[C@H]1[C@H]2C(=O)N(c3cccc(C(F)(F)F)c3)C(=O)[C@H]2[C@@H]2C=Cc3ccccc3N21. The third-order valence-corrected chi connectivity index (χ3v) is 7.05. The standard InChI is InChI=1S/C28H19F3N2O4/c29-28(30,31)17-8-6-9-18(15-17)32-25(34)22-21-14-13-16-7-4-5-12-20(16)33(21)24(23(22)26(32)35)27(36)37-19-10-2-1-3-11-19/h1-15,21-24H/t21-,22-,23-,24+/m0/s1. The molecule has 2 amide bonds. The molecule has 37 heavy (non-hydrogen) atoms. The zero-order valence-corrected chi connectivity index (χ0v) is 19.1. The number of carbonyl (C=O) groups is 3. The second-order valence-electron chi connectivity index (χ2n) is 9.11. The quantitative estimate of drug-likeness (QED) is 0.294. The second-order valence-corrected chi connectivity index (χ2v) is 9.11. The lowest BCUT2D eigenvalue weighted by Crippen LogP contribution is -2.50. The summed E-state index contributed by atoms with van der Waals surface area (Å²) in [6.07, 6.45) is -1.06. The number of benzene rings is 3. The van der Waals surface area contributed by atoms with Crippen LogP contribution in [0.25, 0.3) is 6.08 Å². The molecular formula is C28H19F3N2O4. The molecule has 0 aliphatic carbocycles. The summed E-state index contributed by atoms with van der Waals surface area (Å²) >= 11 is 0. The lowest BCUT2D eigenvalue weighted by Gasteiger charge is -2.36. The molecule has 0 radical (unpaired) electrons. The van der Waals surface area contributed by atoms with Crippen molar-refractivity contribution in [3.05, 3.63) is 96.1 Å². The fourth-order valence-corrected chi connectivity index (χ4v) is 5.53. The van der Waals surface area contributed by atoms with E-state index in [-0.39, 0.29) is 11.4 Å². The Hall–Kier alpha value is -4.40. The van der Waals surface area contributed by atoms with Gasteiger partial charge in [0.1, 0.15) is 11.8 Å². The first-order valence-corrected chi connectivity index (χ1v) is 11.6. The molecule has 6 nitrogen and oxygen atoms in total. The maximum absolute atomic E-state index is 13.7. The Morgan fingerprint density at radius 3 is 2.30 bits per heavy atom. The molecule has 2 saturated heterocycles. The first-order valence-electron chi connectivity index (χ1n) is 11.6. The van der Waals surface area contributed by atoms with Gasteiger partial charge in [0.25, 0.3) is 0 Å². The van der Waals surface area contributed by atoms with Gasteiger partial charge in [0.05, 0.1) is 29.1 Å². The topological polar surface area (TPSA) is 66.9 Å². The smallest absolute Gasteiger partial charge is 0.416 e. The second kappa shape index (κ2) is 8.33. The van der Waals surface area contributed by atoms with E-state index >= 15 is 0 Å². The van der Waals surface area contributed by atoms with Gasteiger partial charge in [0, 0.05) is 5.69 Å². The van der Waals surface area contributed by atoms with E-state index in [0.29, 0.717) is 5.69 Å². The minimum absolute atomic E-state index is 0.179. The highest BCUT2D eigenvalue weighted by Crippen LogP contribution is 2.49. The van der Waals surface area contributed by atoms with Gasteiger partial charge in [-0.1, -0.05) is 54.6 Å². The Morgan fingerprint density at radius 2 is 1.54 bits per heavy atom. The molecule has 186 valence electrons. The maximum Gasteiger partial charge on any atom is 0.416 e. The highest BCUT2D eigenvalue weighted by molar-refractivity contribution is 6.24. The lowest BCUT2D eigenvalue weighted by molar-refractivity contribution is -0.139. The van der Waals surface area contributed by atoms with Crippen LogP contribution in [-0.4, -0.2) is 29.9 Å². The number of anilines is 2. The highest BCUT2D eigenvalue weighted by atomic mass is 19.4. The van der Waals surface area contributed by atoms with Crippen molar-refractivity contribution in [3.8, 4) is 5.75 Å². The predicted octanol–water partition coefficient (Wildman–Crippen LogP) is 4.70. The molecule has 0 spiro atoms. The monoisotopic (exact) mass is 504 g/mol. The van der Waals surface area contributed by atoms with Crippen LogP contribution in [0.5, 0.6) is 5.75 Å². The molecule has 0 unspecified atom stereocenters. The molecule has 0 aromatic heterocycles. The first kappa shape index (κ1) is 23.0. The van der Waals surface area contributed by atoms with Gasteiger partial charge in [-0.3, -0.25) is 9.59 Å². The van der Waals surface area contributed by atoms with Crippen molar-refractivity contribution in [1.82, 2.24) is 0 Å². The van der Waals surface area contributed by atoms with Crippen molar-refractivity contribution < 1.29 is 32.3 Å². The summed E-state index contributed by atoms with van der Waals surface area (Å²) in [5, 5.41) is 0. The van der Waals surface area contributed by atoms with Crippen LogP contribution < -0.4 is 14.5 Å². The fraction of sp³-hybridized carbons (Fsp3) is 0.179. The molecule has 3 aliphatic rings. The number of hydrogen-bond acceptors (Lipinski definition) is 5. The van der Waals surface area contributed by atoms with Crippen molar-refractivity contribution in [1.29, 1.82) is 0 Å². The van der Waals surface area contributed by atoms with Gasteiger partial charge in [-0.25, -0.2) is 9.69 Å². The molecule has 2 fully saturated rings. The summed E-state index contributed by atoms with van der Waals surface area (Å²) in [6, 6.07) is 17.9. The van der Waals surface area contributed by atoms with Crippen LogP contribution in [-0.2, 0) is 20.6 Å². The Bertz CT molecular complexity index is 1450. The minimum Gasteiger partial charge on any atom is -0.425 e. The minimum atomic E-state index is -4.65. The van der Waals surface area contributed by atoms with Crippen LogP contribution in [0.3, 0.4) is 0 Å². The molecule has 0 N–H and O–H groups in total. The summed E-state index contributed by atoms with van der Waals surface area (Å²) < 4.78 is 45.7. The van der Waals surface area contributed by atoms with Crippen molar-refractivity contribution in [2.45, 2.75) is 18.3 Å². The number of rotatable bonds is 3. The van der Waals surface area contributed by atoms with Crippen LogP contribution >= 0.6 is 0 Å². The Kier molecular flexibility index (Phi) is 5.18. The lowest BCUT2D eigenvalue weighted by atomic mass is 9.89. The average Bonchev–Trinajstić information content (AvgIpc) is 3.37. The summed E-state index contributed by atoms with van der Waals surface area (Å²) in [4.78, 5) is 43.5. The van der Waals surface area contributed by atoms with E-state index in [4.69, 9.17) is 4.74 Å². The zero-order valence-electron chi connectivity index (χ0n) is 19.1. The third kappa shape index (κ3) is 3.61. The van der Waals surface area contributed by atoms with E-state index < -0.39 is 53.4 Å². The number of amides is 2. The number of carbonyl (C=O) groups excluding carboxylic acids is 3. The van der Waals surface area contributed by atoms with Gasteiger partial charge in [-0.05, 0) is 42.0 Å². The van der Waals surface area contributed by atoms with Crippen LogP contribution in [0.2, 0.25) is 0 Å². The van der Waals surface area contributed by atoms with Crippen molar-refractivity contribution in [3.63, 3.8) is 0 Å². The number of alkyl halides is 3. The van der Waals surface area contributed by atoms with Gasteiger partial charge in [-0.2, -0.15) is 13.2 Å². The summed E-state index contributed by atoms with van der Waals surface area (Å²) in [6.45, 7) is 0. The number of ether oxygens (including phenoxy) is 1. The number of para-hydroxylation sites is 2. The van der Waals surface area contributed by atoms with Gasteiger partial charge >= 0.3 is 12.1 Å². The number of nitrogens with zero attached hydrogens (tertiary/aromatic N) is 2. The number of hydrogen-bond donors (Lipinski definition) is 0. The summed E-state index contributed by atoms with van der Waals surface area (Å²) in [5.41, 5.74) is 0.327. The molecule has 0 saturated carbocycles. The molecule has 3 aromatic rings. The Labute approximate surface area is 209 Å². The number of halogens is 3. The normalized spacial score (nSPS) is 24.1. The molecule has 9 heteroatoms. The van der Waals surface area contributed by atoms with E-state index in [0.717, 1.165) is 28.7 Å². The first-order chi connectivity index (χ1) is 17.8. The molecule has 0 bridgehead atoms. The predicted molar refractivity (Wildman–Crippen MR) is 129 cm³/mol. The highest BCUT2D eigenvalue weighted by Gasteiger charge is 2.65. The van der Waals surface area contributed by atoms with Crippen molar-refractivity contribution in [2.24, 2.45) is 11.8 Å². The van der Waals surface area contributed by atoms with Crippen LogP contribution in [0, 0.1) is 11.8 Å². The van der Waals surface area contributed by atoms with E-state index in [2.05, 4.69) is 0 Å². The number of imide groups is 1. The molecule has 3 aliphatic heterocycles. The van der Waals surface area contributed by atoms with Crippen LogP contribution in [0.15, 0.2) is 84.9 Å². The maximum atomic E-state index is 13.7. The number of fused-ring (bicyclic) bond motifs is 5. The van der Waals surface area contributed by atoms with Crippen molar-refractivity contribution >= 4 is 35.2 Å². The third-order valence-electron chi connectivity index (χ3n) is 7.05. The van der Waals surface area contributed by atoms with Gasteiger partial charge in [-0.15, -0.1) is 0 Å². The molecule has 4 atom stereocenters. The molecule has 3 heterocycles. The average molecular weight is 504 g/mol. The molecular weight excluding hydrogens is 485 g/mol. The van der Waals surface area contributed by atoms with E-state index in [1.807, 2.05) is 18.2 Å². The molecule has 6 rings (SSSR count). The largest absolute Gasteiger partial charge is 0.425 e. The summed E-state index contributed by atoms with van der Waals surface area (Å²) in [7, 11) is 0. The van der Waals surface area contributed by atoms with E-state index in [1.165, 1.54) is 6.07 Å². The fourth-order valence-electron chi connectivity index (χ4n) is 5.53. The zero-order chi connectivity index (χ0) is 25.9. The number of esters is 1. The van der Waals surface area contributed by atoms with Crippen LogP contribution in [0.1, 0.15) is 11.1 Å². The van der Waals surface area contributed by atoms with Crippen LogP contribution in [0.4, 0.5) is 24.5 Å². The molecule has 3 aromatic carbocycles. The van der Waals surface area contributed by atoms with Gasteiger partial charge in [0.15, 0.2) is 0 Å². The van der Waals surface area contributed by atoms with E-state index in [1.54, 1.807) is 53.4 Å². The van der Waals surface area contributed by atoms with E-state index in [9.17, 15) is 27.6 Å². The van der Waals surface area contributed by atoms with Gasteiger partial charge < -0.3 is 9.64 Å². The van der Waals surface area contributed by atoms with Crippen molar-refractivity contribution in [2.75, 3.05) is 9.80 Å². The summed E-state index contributed by atoms with van der Waals surface area (Å²) in [5.74, 6) is -3.94. The van der Waals surface area contributed by atoms with Gasteiger partial charge in [0.2, 0.25) is 11.8 Å².